The number of rotatable bonds is 7. The highest BCUT2D eigenvalue weighted by Crippen LogP contribution is 2.47. The summed E-state index contributed by atoms with van der Waals surface area (Å²) in [6.07, 6.45) is 0. The van der Waals surface area contributed by atoms with Crippen molar-refractivity contribution in [1.82, 2.24) is 4.57 Å². The number of nitrogens with zero attached hydrogens (tertiary/aromatic N) is 2. The molecule has 0 spiro atoms. The van der Waals surface area contributed by atoms with Gasteiger partial charge < -0.3 is 9.47 Å². The quantitative estimate of drug-likeness (QED) is 0.148. The highest BCUT2D eigenvalue weighted by Gasteiger charge is 2.23. The van der Waals surface area contributed by atoms with Crippen molar-refractivity contribution in [2.24, 2.45) is 0 Å². The molecule has 1 heterocycles. The van der Waals surface area contributed by atoms with Crippen molar-refractivity contribution in [2.45, 2.75) is 0 Å². The van der Waals surface area contributed by atoms with E-state index in [1.807, 2.05) is 0 Å². The third-order valence-corrected chi connectivity index (χ3v) is 11.6. The first-order valence-electron chi connectivity index (χ1n) is 19.9. The van der Waals surface area contributed by atoms with Gasteiger partial charge in [0.2, 0.25) is 0 Å². The van der Waals surface area contributed by atoms with Crippen LogP contribution in [-0.4, -0.2) is 4.57 Å². The van der Waals surface area contributed by atoms with Crippen molar-refractivity contribution < 1.29 is 0 Å². The van der Waals surface area contributed by atoms with Crippen LogP contribution >= 0.6 is 0 Å². The van der Waals surface area contributed by atoms with Gasteiger partial charge in [-0.2, -0.15) is 0 Å². The lowest BCUT2D eigenvalue weighted by molar-refractivity contribution is 1.18. The second-order valence-electron chi connectivity index (χ2n) is 14.9. The number of anilines is 3. The van der Waals surface area contributed by atoms with Crippen LogP contribution in [0.2, 0.25) is 0 Å². The van der Waals surface area contributed by atoms with E-state index in [-0.39, 0.29) is 0 Å². The van der Waals surface area contributed by atoms with Gasteiger partial charge in [0, 0.05) is 33.0 Å². The van der Waals surface area contributed by atoms with Crippen molar-refractivity contribution >= 4 is 60.4 Å². The lowest BCUT2D eigenvalue weighted by atomic mass is 9.97. The minimum absolute atomic E-state index is 1.08. The Balaban J connectivity index is 1.24. The molecule has 58 heavy (non-hydrogen) atoms. The van der Waals surface area contributed by atoms with Crippen molar-refractivity contribution in [3.8, 4) is 39.1 Å². The van der Waals surface area contributed by atoms with Gasteiger partial charge in [0.05, 0.1) is 28.1 Å². The Kier molecular flexibility index (Phi) is 8.19. The summed E-state index contributed by atoms with van der Waals surface area (Å²) >= 11 is 0. The van der Waals surface area contributed by atoms with E-state index in [9.17, 15) is 0 Å². The average Bonchev–Trinajstić information content (AvgIpc) is 3.63. The molecule has 272 valence electrons. The van der Waals surface area contributed by atoms with Crippen LogP contribution in [0.25, 0.3) is 82.4 Å². The molecule has 0 saturated heterocycles. The monoisotopic (exact) mass is 738 g/mol. The number of hydrogen-bond donors (Lipinski definition) is 0. The van der Waals surface area contributed by atoms with Crippen LogP contribution < -0.4 is 4.90 Å². The SMILES string of the molecule is c1ccc(-c2ccc(-c3ccccc3)c(-n3c4ccccc4c4ccc(N(c5ccccc5-c5ccccc5)c5cc6ccccc6c6ccccc56)cc43)c2)cc1. The molecule has 11 aromatic rings. The molecule has 2 heteroatoms. The maximum atomic E-state index is 2.49. The van der Waals surface area contributed by atoms with Crippen LogP contribution in [0.15, 0.2) is 231 Å². The molecule has 0 amide bonds. The molecule has 0 bridgehead atoms. The van der Waals surface area contributed by atoms with Gasteiger partial charge in [0.1, 0.15) is 0 Å². The van der Waals surface area contributed by atoms with Crippen molar-refractivity contribution in [3.05, 3.63) is 231 Å². The van der Waals surface area contributed by atoms with Gasteiger partial charge in [0.25, 0.3) is 0 Å². The summed E-state index contributed by atoms with van der Waals surface area (Å²) in [5, 5.41) is 7.33. The predicted molar refractivity (Wildman–Crippen MR) is 247 cm³/mol. The molecular formula is C56H38N2. The summed E-state index contributed by atoms with van der Waals surface area (Å²) < 4.78 is 2.49. The molecule has 0 unspecified atom stereocenters. The third kappa shape index (κ3) is 5.66. The Bertz CT molecular complexity index is 3270. The van der Waals surface area contributed by atoms with E-state index < -0.39 is 0 Å². The molecule has 0 radical (unpaired) electrons. The molecule has 0 N–H and O–H groups in total. The first kappa shape index (κ1) is 33.6. The molecule has 11 rings (SSSR count). The molecule has 0 fully saturated rings. The number of benzene rings is 10. The van der Waals surface area contributed by atoms with E-state index in [2.05, 4.69) is 240 Å². The summed E-state index contributed by atoms with van der Waals surface area (Å²) in [6.45, 7) is 0. The van der Waals surface area contributed by atoms with E-state index in [0.717, 1.165) is 28.3 Å². The second-order valence-corrected chi connectivity index (χ2v) is 14.9. The Morgan fingerprint density at radius 1 is 0.293 bits per heavy atom. The molecule has 0 aliphatic carbocycles. The van der Waals surface area contributed by atoms with Gasteiger partial charge in [0.15, 0.2) is 0 Å². The van der Waals surface area contributed by atoms with Gasteiger partial charge in [-0.1, -0.05) is 194 Å². The Labute approximate surface area is 338 Å². The van der Waals surface area contributed by atoms with E-state index in [1.54, 1.807) is 0 Å². The fourth-order valence-electron chi connectivity index (χ4n) is 8.90. The molecule has 0 aliphatic rings. The van der Waals surface area contributed by atoms with Crippen molar-refractivity contribution in [2.75, 3.05) is 4.90 Å². The number of para-hydroxylation sites is 2. The minimum atomic E-state index is 1.08. The first-order chi connectivity index (χ1) is 28.8. The van der Waals surface area contributed by atoms with Gasteiger partial charge in [-0.3, -0.25) is 0 Å². The smallest absolute Gasteiger partial charge is 0.0562 e. The van der Waals surface area contributed by atoms with Gasteiger partial charge in [-0.15, -0.1) is 0 Å². The number of hydrogen-bond acceptors (Lipinski definition) is 1. The first-order valence-corrected chi connectivity index (χ1v) is 19.9. The van der Waals surface area contributed by atoms with Crippen molar-refractivity contribution in [3.63, 3.8) is 0 Å². The fraction of sp³-hybridized carbons (Fsp3) is 0. The van der Waals surface area contributed by atoms with Crippen LogP contribution in [-0.2, 0) is 0 Å². The summed E-state index contributed by atoms with van der Waals surface area (Å²) in [6, 6.07) is 83.8. The zero-order valence-electron chi connectivity index (χ0n) is 31.8. The maximum Gasteiger partial charge on any atom is 0.0562 e. The van der Waals surface area contributed by atoms with E-state index in [4.69, 9.17) is 0 Å². The Hall–Kier alpha value is -7.68. The molecule has 0 atom stereocenters. The van der Waals surface area contributed by atoms with Crippen LogP contribution in [0.5, 0.6) is 0 Å². The summed E-state index contributed by atoms with van der Waals surface area (Å²) in [5.41, 5.74) is 13.9. The van der Waals surface area contributed by atoms with Crippen molar-refractivity contribution in [1.29, 1.82) is 0 Å². The van der Waals surface area contributed by atoms with Gasteiger partial charge in [-0.05, 0) is 74.8 Å². The van der Waals surface area contributed by atoms with Gasteiger partial charge in [-0.25, -0.2) is 0 Å². The largest absolute Gasteiger partial charge is 0.309 e. The molecule has 0 saturated carbocycles. The minimum Gasteiger partial charge on any atom is -0.309 e. The molecule has 0 aliphatic heterocycles. The highest BCUT2D eigenvalue weighted by atomic mass is 15.1. The van der Waals surface area contributed by atoms with Crippen LogP contribution in [0.4, 0.5) is 17.1 Å². The van der Waals surface area contributed by atoms with E-state index >= 15 is 0 Å². The van der Waals surface area contributed by atoms with Crippen LogP contribution in [0.3, 0.4) is 0 Å². The molecule has 10 aromatic carbocycles. The molecule has 2 nitrogen and oxygen atoms in total. The lowest BCUT2D eigenvalue weighted by Crippen LogP contribution is -2.12. The van der Waals surface area contributed by atoms with E-state index in [1.165, 1.54) is 71.2 Å². The van der Waals surface area contributed by atoms with Gasteiger partial charge >= 0.3 is 0 Å². The zero-order chi connectivity index (χ0) is 38.4. The van der Waals surface area contributed by atoms with Crippen LogP contribution in [0, 0.1) is 0 Å². The second kappa shape index (κ2) is 14.1. The highest BCUT2D eigenvalue weighted by molar-refractivity contribution is 6.16. The van der Waals surface area contributed by atoms with E-state index in [0.29, 0.717) is 0 Å². The topological polar surface area (TPSA) is 8.17 Å². The Morgan fingerprint density at radius 2 is 0.862 bits per heavy atom. The standard InChI is InChI=1S/C56H38N2/c1-4-18-39(19-5-1)42-32-34-47(41-22-8-3-9-23-41)54(36-42)58-53-31-17-15-29-50(53)51-35-33-44(38-56(51)58)57(52-30-16-14-26-46(52)40-20-6-2-7-21-40)55-37-43-24-10-11-25-45(43)48-27-12-13-28-49(48)55/h1-38H. The molecular weight excluding hydrogens is 701 g/mol. The number of aromatic nitrogens is 1. The average molecular weight is 739 g/mol. The fourth-order valence-corrected chi connectivity index (χ4v) is 8.90. The van der Waals surface area contributed by atoms with Crippen LogP contribution in [0.1, 0.15) is 0 Å². The summed E-state index contributed by atoms with van der Waals surface area (Å²) in [5.74, 6) is 0. The predicted octanol–water partition coefficient (Wildman–Crippen LogP) is 15.6. The summed E-state index contributed by atoms with van der Waals surface area (Å²) in [7, 11) is 0. The number of fused-ring (bicyclic) bond motifs is 6. The zero-order valence-corrected chi connectivity index (χ0v) is 31.8. The summed E-state index contributed by atoms with van der Waals surface area (Å²) in [4.78, 5) is 2.48. The normalized spacial score (nSPS) is 11.4. The maximum absolute atomic E-state index is 2.49. The lowest BCUT2D eigenvalue weighted by Gasteiger charge is -2.30. The Morgan fingerprint density at radius 3 is 1.62 bits per heavy atom. The molecule has 1 aromatic heterocycles. The third-order valence-electron chi connectivity index (χ3n) is 11.6.